The molecule has 0 saturated heterocycles. The number of aryl methyl sites for hydroxylation is 1. The molecule has 0 fully saturated rings. The maximum atomic E-state index is 13.6. The maximum absolute atomic E-state index is 13.6. The molecule has 166 valence electrons. The standard InChI is InChI=1S/C23H28N2O5S/c1-5-6-13-24-16-22(23(26)30-4)25(15-18-14-17(2)7-12-21(18)24)31(27,28)20-10-8-19(29-3)9-11-20/h5-12,14,22H,13,15-16H2,1-4H3/b6-5+. The van der Waals surface area contributed by atoms with E-state index in [9.17, 15) is 13.2 Å². The van der Waals surface area contributed by atoms with Crippen LogP contribution in [0.15, 0.2) is 59.5 Å². The fraction of sp³-hybridized carbons (Fsp3) is 0.348. The molecule has 0 N–H and O–H groups in total. The number of sulfonamides is 1. The largest absolute Gasteiger partial charge is 0.497 e. The van der Waals surface area contributed by atoms with Crippen LogP contribution in [0.3, 0.4) is 0 Å². The van der Waals surface area contributed by atoms with Crippen molar-refractivity contribution in [3.63, 3.8) is 0 Å². The number of hydrogen-bond donors (Lipinski definition) is 0. The number of ether oxygens (including phenoxy) is 2. The summed E-state index contributed by atoms with van der Waals surface area (Å²) >= 11 is 0. The fourth-order valence-corrected chi connectivity index (χ4v) is 5.24. The van der Waals surface area contributed by atoms with E-state index >= 15 is 0 Å². The summed E-state index contributed by atoms with van der Waals surface area (Å²) in [6.45, 7) is 4.68. The van der Waals surface area contributed by atoms with Crippen LogP contribution in [0.2, 0.25) is 0 Å². The fourth-order valence-electron chi connectivity index (χ4n) is 3.69. The smallest absolute Gasteiger partial charge is 0.326 e. The number of methoxy groups -OCH3 is 2. The van der Waals surface area contributed by atoms with Crippen molar-refractivity contribution in [3.05, 3.63) is 65.7 Å². The molecule has 0 radical (unpaired) electrons. The lowest BCUT2D eigenvalue weighted by molar-refractivity contribution is -0.144. The number of allylic oxidation sites excluding steroid dienone is 1. The summed E-state index contributed by atoms with van der Waals surface area (Å²) in [5.41, 5.74) is 2.76. The lowest BCUT2D eigenvalue weighted by Crippen LogP contribution is -2.49. The summed E-state index contributed by atoms with van der Waals surface area (Å²) in [4.78, 5) is 14.9. The predicted octanol–water partition coefficient (Wildman–Crippen LogP) is 3.13. The van der Waals surface area contributed by atoms with E-state index in [0.29, 0.717) is 12.3 Å². The highest BCUT2D eigenvalue weighted by molar-refractivity contribution is 7.89. The molecule has 0 aliphatic carbocycles. The minimum Gasteiger partial charge on any atom is -0.497 e. The van der Waals surface area contributed by atoms with E-state index < -0.39 is 22.0 Å². The molecule has 1 aliphatic rings. The van der Waals surface area contributed by atoms with Gasteiger partial charge in [0.2, 0.25) is 10.0 Å². The van der Waals surface area contributed by atoms with Gasteiger partial charge in [-0.1, -0.05) is 29.8 Å². The van der Waals surface area contributed by atoms with Gasteiger partial charge in [-0.2, -0.15) is 4.31 Å². The molecule has 0 amide bonds. The third kappa shape index (κ3) is 4.75. The molecule has 1 atom stereocenters. The molecule has 0 bridgehead atoms. The highest BCUT2D eigenvalue weighted by Crippen LogP contribution is 2.32. The number of hydrogen-bond acceptors (Lipinski definition) is 6. The van der Waals surface area contributed by atoms with E-state index in [2.05, 4.69) is 0 Å². The lowest BCUT2D eigenvalue weighted by atomic mass is 10.1. The van der Waals surface area contributed by atoms with Gasteiger partial charge in [-0.3, -0.25) is 4.79 Å². The maximum Gasteiger partial charge on any atom is 0.326 e. The van der Waals surface area contributed by atoms with Crippen molar-refractivity contribution in [2.24, 2.45) is 0 Å². The Morgan fingerprint density at radius 1 is 1.16 bits per heavy atom. The highest BCUT2D eigenvalue weighted by atomic mass is 32.2. The molecule has 3 rings (SSSR count). The number of anilines is 1. The van der Waals surface area contributed by atoms with Crippen LogP contribution in [0, 0.1) is 6.92 Å². The molecule has 0 saturated carbocycles. The zero-order chi connectivity index (χ0) is 22.6. The highest BCUT2D eigenvalue weighted by Gasteiger charge is 2.40. The van der Waals surface area contributed by atoms with Crippen LogP contribution in [0.5, 0.6) is 5.75 Å². The summed E-state index contributed by atoms with van der Waals surface area (Å²) in [5.74, 6) is -0.0371. The van der Waals surface area contributed by atoms with Gasteiger partial charge in [0, 0.05) is 25.3 Å². The van der Waals surface area contributed by atoms with Crippen LogP contribution in [-0.2, 0) is 26.1 Å². The minimum absolute atomic E-state index is 0.0669. The first kappa shape index (κ1) is 22.8. The van der Waals surface area contributed by atoms with Crippen molar-refractivity contribution in [3.8, 4) is 5.75 Å². The van der Waals surface area contributed by atoms with E-state index in [-0.39, 0.29) is 18.0 Å². The monoisotopic (exact) mass is 444 g/mol. The SMILES string of the molecule is C/C=C/CN1CC(C(=O)OC)N(S(=O)(=O)c2ccc(OC)cc2)Cc2cc(C)ccc21. The normalized spacial score (nSPS) is 17.3. The summed E-state index contributed by atoms with van der Waals surface area (Å²) in [6.07, 6.45) is 3.91. The second-order valence-electron chi connectivity index (χ2n) is 7.37. The number of nitrogens with zero attached hydrogens (tertiary/aromatic N) is 2. The first-order valence-electron chi connectivity index (χ1n) is 10.0. The van der Waals surface area contributed by atoms with Gasteiger partial charge < -0.3 is 14.4 Å². The first-order chi connectivity index (χ1) is 14.8. The van der Waals surface area contributed by atoms with Gasteiger partial charge in [-0.15, -0.1) is 0 Å². The van der Waals surface area contributed by atoms with Crippen molar-refractivity contribution in [2.75, 3.05) is 32.2 Å². The number of fused-ring (bicyclic) bond motifs is 1. The Labute approximate surface area is 183 Å². The molecular weight excluding hydrogens is 416 g/mol. The molecule has 7 nitrogen and oxygen atoms in total. The Morgan fingerprint density at radius 3 is 2.48 bits per heavy atom. The van der Waals surface area contributed by atoms with Crippen LogP contribution in [0.25, 0.3) is 0 Å². The van der Waals surface area contributed by atoms with Gasteiger partial charge in [0.15, 0.2) is 0 Å². The predicted molar refractivity (Wildman–Crippen MR) is 120 cm³/mol. The molecule has 1 unspecified atom stereocenters. The zero-order valence-corrected chi connectivity index (χ0v) is 19.1. The Bertz CT molecular complexity index is 1060. The van der Waals surface area contributed by atoms with Gasteiger partial charge in [0.1, 0.15) is 11.8 Å². The van der Waals surface area contributed by atoms with E-state index in [0.717, 1.165) is 16.8 Å². The number of rotatable bonds is 6. The molecule has 8 heteroatoms. The van der Waals surface area contributed by atoms with Crippen LogP contribution < -0.4 is 9.64 Å². The summed E-state index contributed by atoms with van der Waals surface area (Å²) in [7, 11) is -1.19. The molecule has 1 aliphatic heterocycles. The topological polar surface area (TPSA) is 76.2 Å². The Balaban J connectivity index is 2.13. The van der Waals surface area contributed by atoms with E-state index in [1.807, 2.05) is 49.1 Å². The average molecular weight is 445 g/mol. The van der Waals surface area contributed by atoms with Crippen LogP contribution in [-0.4, -0.2) is 52.0 Å². The first-order valence-corrected chi connectivity index (χ1v) is 11.4. The van der Waals surface area contributed by atoms with Crippen molar-refractivity contribution < 1.29 is 22.7 Å². The number of benzene rings is 2. The van der Waals surface area contributed by atoms with Crippen molar-refractivity contribution in [1.29, 1.82) is 0 Å². The van der Waals surface area contributed by atoms with Crippen molar-refractivity contribution in [2.45, 2.75) is 31.3 Å². The van der Waals surface area contributed by atoms with Gasteiger partial charge >= 0.3 is 5.97 Å². The van der Waals surface area contributed by atoms with E-state index in [1.165, 1.54) is 30.7 Å². The number of carbonyl (C=O) groups is 1. The van der Waals surface area contributed by atoms with Crippen LogP contribution in [0.1, 0.15) is 18.1 Å². The summed E-state index contributed by atoms with van der Waals surface area (Å²) in [5, 5.41) is 0. The molecule has 2 aromatic carbocycles. The molecule has 2 aromatic rings. The Hall–Kier alpha value is -2.84. The van der Waals surface area contributed by atoms with Crippen molar-refractivity contribution >= 4 is 21.7 Å². The third-order valence-electron chi connectivity index (χ3n) is 5.34. The zero-order valence-electron chi connectivity index (χ0n) is 18.2. The molecule has 0 aromatic heterocycles. The second kappa shape index (κ2) is 9.53. The van der Waals surface area contributed by atoms with Gasteiger partial charge in [0.25, 0.3) is 0 Å². The number of esters is 1. The Morgan fingerprint density at radius 2 is 1.87 bits per heavy atom. The molecule has 31 heavy (non-hydrogen) atoms. The summed E-state index contributed by atoms with van der Waals surface area (Å²) < 4.78 is 38.7. The lowest BCUT2D eigenvalue weighted by Gasteiger charge is -2.29. The third-order valence-corrected chi connectivity index (χ3v) is 7.21. The van der Waals surface area contributed by atoms with E-state index in [1.54, 1.807) is 12.1 Å². The Kier molecular flexibility index (Phi) is 7.02. The molecule has 1 heterocycles. The molecular formula is C23H28N2O5S. The number of carbonyl (C=O) groups excluding carboxylic acids is 1. The second-order valence-corrected chi connectivity index (χ2v) is 9.26. The van der Waals surface area contributed by atoms with Crippen LogP contribution >= 0.6 is 0 Å². The van der Waals surface area contributed by atoms with E-state index in [4.69, 9.17) is 9.47 Å². The quantitative estimate of drug-likeness (QED) is 0.503. The average Bonchev–Trinajstić information content (AvgIpc) is 2.94. The van der Waals surface area contributed by atoms with Gasteiger partial charge in [-0.05, 0) is 49.7 Å². The minimum atomic E-state index is -3.98. The molecule has 0 spiro atoms. The van der Waals surface area contributed by atoms with Crippen LogP contribution in [0.4, 0.5) is 5.69 Å². The summed E-state index contributed by atoms with van der Waals surface area (Å²) in [6, 6.07) is 11.1. The van der Waals surface area contributed by atoms with Gasteiger partial charge in [0.05, 0.1) is 19.1 Å². The van der Waals surface area contributed by atoms with Crippen molar-refractivity contribution in [1.82, 2.24) is 4.31 Å². The van der Waals surface area contributed by atoms with Gasteiger partial charge in [-0.25, -0.2) is 8.42 Å².